The second kappa shape index (κ2) is 3.51. The summed E-state index contributed by atoms with van der Waals surface area (Å²) in [5.41, 5.74) is 2.55. The van der Waals surface area contributed by atoms with Crippen molar-refractivity contribution in [1.82, 2.24) is 0 Å². The van der Waals surface area contributed by atoms with Crippen molar-refractivity contribution in [3.8, 4) is 0 Å². The fraction of sp³-hybridized carbons (Fsp3) is 0.385. The normalized spacial score (nSPS) is 12.3. The maximum absolute atomic E-state index is 5.73. The van der Waals surface area contributed by atoms with Crippen LogP contribution in [0.1, 0.15) is 32.1 Å². The van der Waals surface area contributed by atoms with Crippen LogP contribution in [0.4, 0.5) is 0 Å². The smallest absolute Gasteiger partial charge is 0.147 e. The van der Waals surface area contributed by atoms with Crippen molar-refractivity contribution in [3.05, 3.63) is 33.1 Å². The molecule has 0 bridgehead atoms. The van der Waals surface area contributed by atoms with Crippen LogP contribution in [0.2, 0.25) is 0 Å². The summed E-state index contributed by atoms with van der Waals surface area (Å²) in [6.45, 7) is 8.70. The van der Waals surface area contributed by atoms with E-state index in [0.29, 0.717) is 0 Å². The van der Waals surface area contributed by atoms with Crippen LogP contribution >= 0.6 is 22.6 Å². The number of aryl methyl sites for hydroxylation is 1. The minimum absolute atomic E-state index is 0.166. The molecule has 0 aliphatic heterocycles. The zero-order chi connectivity index (χ0) is 11.2. The van der Waals surface area contributed by atoms with Crippen LogP contribution in [0.3, 0.4) is 0 Å². The third-order valence-corrected chi connectivity index (χ3v) is 3.42. The van der Waals surface area contributed by atoms with Crippen LogP contribution in [0.5, 0.6) is 0 Å². The number of benzene rings is 1. The molecule has 2 rings (SSSR count). The van der Waals surface area contributed by atoms with Gasteiger partial charge in [-0.1, -0.05) is 26.8 Å². The summed E-state index contributed by atoms with van der Waals surface area (Å²) in [6, 6.07) is 6.48. The highest BCUT2D eigenvalue weighted by Gasteiger charge is 2.19. The molecule has 2 heteroatoms. The first kappa shape index (κ1) is 11.0. The molecular weight excluding hydrogens is 299 g/mol. The molecule has 15 heavy (non-hydrogen) atoms. The van der Waals surface area contributed by atoms with E-state index in [1.54, 1.807) is 0 Å². The molecule has 0 N–H and O–H groups in total. The first-order valence-corrected chi connectivity index (χ1v) is 6.16. The molecule has 2 aromatic rings. The lowest BCUT2D eigenvalue weighted by molar-refractivity contribution is 0.573. The van der Waals surface area contributed by atoms with Crippen LogP contribution in [0, 0.1) is 10.5 Å². The van der Waals surface area contributed by atoms with Gasteiger partial charge in [0.1, 0.15) is 11.3 Å². The molecule has 0 radical (unpaired) electrons. The standard InChI is InChI=1S/C13H15IO/c1-8-7-9-10(13(2,3)4)5-6-11(14)12(9)15-8/h5-7H,1-4H3. The zero-order valence-electron chi connectivity index (χ0n) is 9.52. The predicted octanol–water partition coefficient (Wildman–Crippen LogP) is 4.64. The Balaban J connectivity index is 2.83. The summed E-state index contributed by atoms with van der Waals surface area (Å²) in [5, 5.41) is 1.26. The van der Waals surface area contributed by atoms with Gasteiger partial charge in [0.15, 0.2) is 0 Å². The Kier molecular flexibility index (Phi) is 2.57. The Morgan fingerprint density at radius 3 is 2.47 bits per heavy atom. The maximum atomic E-state index is 5.73. The SMILES string of the molecule is Cc1cc2c(C(C)(C)C)ccc(I)c2o1. The first-order chi connectivity index (χ1) is 6.89. The van der Waals surface area contributed by atoms with Crippen molar-refractivity contribution < 1.29 is 4.42 Å². The quantitative estimate of drug-likeness (QED) is 0.646. The molecule has 0 aliphatic carbocycles. The van der Waals surface area contributed by atoms with E-state index < -0.39 is 0 Å². The molecule has 1 nitrogen and oxygen atoms in total. The number of furan rings is 1. The van der Waals surface area contributed by atoms with Crippen LogP contribution in [-0.2, 0) is 5.41 Å². The Hall–Kier alpha value is -0.510. The van der Waals surface area contributed by atoms with Gasteiger partial charge in [-0.2, -0.15) is 0 Å². The molecule has 1 aromatic carbocycles. The van der Waals surface area contributed by atoms with Gasteiger partial charge >= 0.3 is 0 Å². The van der Waals surface area contributed by atoms with Gasteiger partial charge in [0.2, 0.25) is 0 Å². The third-order valence-electron chi connectivity index (χ3n) is 2.57. The highest BCUT2D eigenvalue weighted by atomic mass is 127. The average Bonchev–Trinajstić information content (AvgIpc) is 2.45. The van der Waals surface area contributed by atoms with E-state index in [1.165, 1.54) is 14.5 Å². The summed E-state index contributed by atoms with van der Waals surface area (Å²) in [4.78, 5) is 0. The van der Waals surface area contributed by atoms with Crippen molar-refractivity contribution in [2.45, 2.75) is 33.1 Å². The number of halogens is 1. The van der Waals surface area contributed by atoms with Gasteiger partial charge in [-0.15, -0.1) is 0 Å². The van der Waals surface area contributed by atoms with Crippen LogP contribution in [0.15, 0.2) is 22.6 Å². The van der Waals surface area contributed by atoms with Gasteiger partial charge in [-0.3, -0.25) is 0 Å². The van der Waals surface area contributed by atoms with Gasteiger partial charge < -0.3 is 4.42 Å². The first-order valence-electron chi connectivity index (χ1n) is 5.09. The molecule has 0 atom stereocenters. The third kappa shape index (κ3) is 1.92. The predicted molar refractivity (Wildman–Crippen MR) is 72.4 cm³/mol. The molecule has 0 aliphatic rings. The van der Waals surface area contributed by atoms with Crippen LogP contribution in [-0.4, -0.2) is 0 Å². The van der Waals surface area contributed by atoms with E-state index in [1.807, 2.05) is 6.92 Å². The van der Waals surface area contributed by atoms with E-state index >= 15 is 0 Å². The van der Waals surface area contributed by atoms with E-state index in [4.69, 9.17) is 4.42 Å². The minimum atomic E-state index is 0.166. The van der Waals surface area contributed by atoms with Crippen molar-refractivity contribution in [3.63, 3.8) is 0 Å². The number of rotatable bonds is 0. The van der Waals surface area contributed by atoms with Gasteiger partial charge in [-0.25, -0.2) is 0 Å². The lowest BCUT2D eigenvalue weighted by atomic mass is 9.85. The molecule has 0 saturated carbocycles. The van der Waals surface area contributed by atoms with Crippen molar-refractivity contribution in [2.24, 2.45) is 0 Å². The lowest BCUT2D eigenvalue weighted by Gasteiger charge is -2.19. The average molecular weight is 314 g/mol. The minimum Gasteiger partial charge on any atom is -0.460 e. The summed E-state index contributed by atoms with van der Waals surface area (Å²) < 4.78 is 6.91. The maximum Gasteiger partial charge on any atom is 0.147 e. The van der Waals surface area contributed by atoms with Crippen LogP contribution < -0.4 is 0 Å². The van der Waals surface area contributed by atoms with E-state index in [-0.39, 0.29) is 5.41 Å². The molecule has 80 valence electrons. The Bertz CT molecular complexity index is 503. The monoisotopic (exact) mass is 314 g/mol. The molecule has 1 aromatic heterocycles. The summed E-state index contributed by atoms with van der Waals surface area (Å²) in [7, 11) is 0. The largest absolute Gasteiger partial charge is 0.460 e. The van der Waals surface area contributed by atoms with Gasteiger partial charge in [-0.05, 0) is 52.6 Å². The lowest BCUT2D eigenvalue weighted by Crippen LogP contribution is -2.11. The molecule has 0 saturated heterocycles. The van der Waals surface area contributed by atoms with Crippen LogP contribution in [0.25, 0.3) is 11.0 Å². The highest BCUT2D eigenvalue weighted by molar-refractivity contribution is 14.1. The second-order valence-corrected chi connectivity index (χ2v) is 6.11. The van der Waals surface area contributed by atoms with Crippen molar-refractivity contribution in [2.75, 3.05) is 0 Å². The molecule has 0 spiro atoms. The molecular formula is C13H15IO. The fourth-order valence-corrected chi connectivity index (χ4v) is 2.45. The fourth-order valence-electron chi connectivity index (χ4n) is 1.87. The second-order valence-electron chi connectivity index (χ2n) is 4.94. The van der Waals surface area contributed by atoms with E-state index in [9.17, 15) is 0 Å². The topological polar surface area (TPSA) is 13.1 Å². The van der Waals surface area contributed by atoms with E-state index in [0.717, 1.165) is 11.3 Å². The Labute approximate surface area is 104 Å². The molecule has 1 heterocycles. The zero-order valence-corrected chi connectivity index (χ0v) is 11.7. The number of hydrogen-bond donors (Lipinski definition) is 0. The highest BCUT2D eigenvalue weighted by Crippen LogP contribution is 2.34. The molecule has 0 unspecified atom stereocenters. The number of fused-ring (bicyclic) bond motifs is 1. The van der Waals surface area contributed by atoms with E-state index in [2.05, 4.69) is 61.6 Å². The molecule has 0 fully saturated rings. The summed E-state index contributed by atoms with van der Waals surface area (Å²) >= 11 is 2.32. The summed E-state index contributed by atoms with van der Waals surface area (Å²) in [5.74, 6) is 0.986. The van der Waals surface area contributed by atoms with Gasteiger partial charge in [0, 0.05) is 5.39 Å². The van der Waals surface area contributed by atoms with Gasteiger partial charge in [0.05, 0.1) is 3.57 Å². The van der Waals surface area contributed by atoms with Crippen molar-refractivity contribution >= 4 is 33.6 Å². The van der Waals surface area contributed by atoms with Gasteiger partial charge in [0.25, 0.3) is 0 Å². The Morgan fingerprint density at radius 2 is 1.87 bits per heavy atom. The Morgan fingerprint density at radius 1 is 1.20 bits per heavy atom. The molecule has 0 amide bonds. The summed E-state index contributed by atoms with van der Waals surface area (Å²) in [6.07, 6.45) is 0. The van der Waals surface area contributed by atoms with Crippen molar-refractivity contribution in [1.29, 1.82) is 0 Å². The number of hydrogen-bond acceptors (Lipinski definition) is 1.